The highest BCUT2D eigenvalue weighted by Gasteiger charge is 2.22. The van der Waals surface area contributed by atoms with Gasteiger partial charge in [0, 0.05) is 34.8 Å². The molecule has 4 rings (SSSR count). The Kier molecular flexibility index (Phi) is 5.42. The van der Waals surface area contributed by atoms with Gasteiger partial charge in [0.15, 0.2) is 0 Å². The Morgan fingerprint density at radius 2 is 1.93 bits per heavy atom. The second-order valence-electron chi connectivity index (χ2n) is 7.37. The second kappa shape index (κ2) is 7.98. The molecule has 1 aliphatic heterocycles. The minimum atomic E-state index is 0.105. The molecule has 1 atom stereocenters. The average Bonchev–Trinajstić information content (AvgIpc) is 3.17. The summed E-state index contributed by atoms with van der Waals surface area (Å²) in [6.07, 6.45) is 2.27. The molecule has 6 heteroatoms. The van der Waals surface area contributed by atoms with Crippen LogP contribution in [0.3, 0.4) is 0 Å². The lowest BCUT2D eigenvalue weighted by Gasteiger charge is -2.31. The normalized spacial score (nSPS) is 17.0. The zero-order valence-electron chi connectivity index (χ0n) is 15.6. The number of H-pyrrole nitrogens is 1. The minimum Gasteiger partial charge on any atom is -0.338 e. The van der Waals surface area contributed by atoms with Crippen LogP contribution >= 0.6 is 23.2 Å². The van der Waals surface area contributed by atoms with E-state index in [1.807, 2.05) is 41.3 Å². The number of hydrogen-bond acceptors (Lipinski definition) is 2. The van der Waals surface area contributed by atoms with E-state index in [2.05, 4.69) is 17.1 Å². The summed E-state index contributed by atoms with van der Waals surface area (Å²) >= 11 is 12.3. The fraction of sp³-hybridized carbons (Fsp3) is 0.273. The number of rotatable bonds is 3. The van der Waals surface area contributed by atoms with Gasteiger partial charge in [0.05, 0.1) is 16.4 Å². The monoisotopic (exact) mass is 413 g/mol. The van der Waals surface area contributed by atoms with Crippen LogP contribution in [-0.4, -0.2) is 34.1 Å². The summed E-state index contributed by atoms with van der Waals surface area (Å²) < 4.78 is 0. The van der Waals surface area contributed by atoms with Crippen molar-refractivity contribution in [3.8, 4) is 22.5 Å². The molecule has 144 valence electrons. The fourth-order valence-electron chi connectivity index (χ4n) is 3.66. The Balaban J connectivity index is 1.53. The summed E-state index contributed by atoms with van der Waals surface area (Å²) in [6.45, 7) is 3.88. The number of likely N-dealkylation sites (tertiary alicyclic amines) is 1. The molecule has 2 heterocycles. The predicted octanol–water partition coefficient (Wildman–Crippen LogP) is 5.92. The Labute approximate surface area is 174 Å². The van der Waals surface area contributed by atoms with Gasteiger partial charge in [-0.1, -0.05) is 42.3 Å². The molecule has 1 saturated heterocycles. The van der Waals surface area contributed by atoms with Crippen molar-refractivity contribution < 1.29 is 4.79 Å². The first-order chi connectivity index (χ1) is 13.5. The quantitative estimate of drug-likeness (QED) is 0.578. The van der Waals surface area contributed by atoms with Crippen LogP contribution in [0.15, 0.2) is 48.5 Å². The first-order valence-electron chi connectivity index (χ1n) is 9.42. The number of aromatic nitrogens is 2. The third-order valence-electron chi connectivity index (χ3n) is 5.17. The average molecular weight is 414 g/mol. The molecule has 2 aromatic carbocycles. The summed E-state index contributed by atoms with van der Waals surface area (Å²) in [5.41, 5.74) is 4.12. The fourth-order valence-corrected chi connectivity index (χ4v) is 4.17. The van der Waals surface area contributed by atoms with Crippen LogP contribution in [0.2, 0.25) is 10.0 Å². The van der Waals surface area contributed by atoms with Gasteiger partial charge >= 0.3 is 0 Å². The van der Waals surface area contributed by atoms with E-state index in [4.69, 9.17) is 23.2 Å². The maximum absolute atomic E-state index is 12.7. The van der Waals surface area contributed by atoms with Crippen molar-refractivity contribution in [1.29, 1.82) is 0 Å². The molecule has 0 unspecified atom stereocenters. The molecule has 1 N–H and O–H groups in total. The molecule has 0 spiro atoms. The van der Waals surface area contributed by atoms with Gasteiger partial charge in [-0.15, -0.1) is 0 Å². The zero-order valence-corrected chi connectivity index (χ0v) is 17.1. The molecule has 0 saturated carbocycles. The van der Waals surface area contributed by atoms with Gasteiger partial charge in [0.1, 0.15) is 0 Å². The van der Waals surface area contributed by atoms with Crippen LogP contribution in [-0.2, 0) is 0 Å². The van der Waals surface area contributed by atoms with Gasteiger partial charge in [0.25, 0.3) is 5.91 Å². The molecule has 1 aliphatic rings. The van der Waals surface area contributed by atoms with Crippen LogP contribution in [0.5, 0.6) is 0 Å². The SMILES string of the molecule is C[C@@H]1CCCN(C(=O)c2ccc(-c3cc(-c4ccc(Cl)cc4Cl)[nH]n3)cc2)C1. The van der Waals surface area contributed by atoms with Gasteiger partial charge in [-0.05, 0) is 55.2 Å². The van der Waals surface area contributed by atoms with Crippen LogP contribution < -0.4 is 0 Å². The highest BCUT2D eigenvalue weighted by Crippen LogP contribution is 2.31. The molecule has 1 amide bonds. The van der Waals surface area contributed by atoms with Crippen molar-refractivity contribution in [3.05, 3.63) is 64.1 Å². The topological polar surface area (TPSA) is 49.0 Å². The second-order valence-corrected chi connectivity index (χ2v) is 8.21. The Morgan fingerprint density at radius 1 is 1.14 bits per heavy atom. The number of piperidine rings is 1. The van der Waals surface area contributed by atoms with Crippen molar-refractivity contribution >= 4 is 29.1 Å². The smallest absolute Gasteiger partial charge is 0.253 e. The van der Waals surface area contributed by atoms with Crippen molar-refractivity contribution in [2.45, 2.75) is 19.8 Å². The summed E-state index contributed by atoms with van der Waals surface area (Å²) in [4.78, 5) is 14.7. The first kappa shape index (κ1) is 19.0. The third kappa shape index (κ3) is 3.94. The van der Waals surface area contributed by atoms with Crippen molar-refractivity contribution in [2.24, 2.45) is 5.92 Å². The number of nitrogens with one attached hydrogen (secondary N) is 1. The van der Waals surface area contributed by atoms with Crippen LogP contribution in [0.1, 0.15) is 30.1 Å². The number of hydrogen-bond donors (Lipinski definition) is 1. The van der Waals surface area contributed by atoms with Crippen LogP contribution in [0.25, 0.3) is 22.5 Å². The van der Waals surface area contributed by atoms with Gasteiger partial charge in [-0.2, -0.15) is 5.10 Å². The Hall–Kier alpha value is -2.30. The van der Waals surface area contributed by atoms with E-state index in [9.17, 15) is 4.79 Å². The minimum absolute atomic E-state index is 0.105. The molecule has 3 aromatic rings. The van der Waals surface area contributed by atoms with Gasteiger partial charge < -0.3 is 4.90 Å². The molecule has 0 bridgehead atoms. The largest absolute Gasteiger partial charge is 0.338 e. The number of carbonyl (C=O) groups is 1. The van der Waals surface area contributed by atoms with E-state index >= 15 is 0 Å². The molecular weight excluding hydrogens is 393 g/mol. The van der Waals surface area contributed by atoms with Gasteiger partial charge in [0.2, 0.25) is 0 Å². The highest BCUT2D eigenvalue weighted by atomic mass is 35.5. The van der Waals surface area contributed by atoms with Crippen LogP contribution in [0.4, 0.5) is 0 Å². The maximum Gasteiger partial charge on any atom is 0.253 e. The van der Waals surface area contributed by atoms with Crippen molar-refractivity contribution in [1.82, 2.24) is 15.1 Å². The van der Waals surface area contributed by atoms with Crippen molar-refractivity contribution in [2.75, 3.05) is 13.1 Å². The Bertz CT molecular complexity index is 997. The lowest BCUT2D eigenvalue weighted by atomic mass is 9.99. The number of benzene rings is 2. The number of halogens is 2. The lowest BCUT2D eigenvalue weighted by Crippen LogP contribution is -2.39. The zero-order chi connectivity index (χ0) is 19.7. The van der Waals surface area contributed by atoms with E-state index in [1.165, 1.54) is 6.42 Å². The van der Waals surface area contributed by atoms with Crippen LogP contribution in [0, 0.1) is 5.92 Å². The number of nitrogens with zero attached hydrogens (tertiary/aromatic N) is 2. The van der Waals surface area contributed by atoms with E-state index in [0.29, 0.717) is 21.5 Å². The summed E-state index contributed by atoms with van der Waals surface area (Å²) in [7, 11) is 0. The molecular formula is C22H21Cl2N3O. The molecule has 1 fully saturated rings. The Morgan fingerprint density at radius 3 is 2.64 bits per heavy atom. The molecule has 1 aromatic heterocycles. The highest BCUT2D eigenvalue weighted by molar-refractivity contribution is 6.36. The van der Waals surface area contributed by atoms with E-state index in [0.717, 1.165) is 42.0 Å². The number of aromatic amines is 1. The summed E-state index contributed by atoms with van der Waals surface area (Å²) in [6, 6.07) is 14.9. The first-order valence-corrected chi connectivity index (χ1v) is 10.2. The van der Waals surface area contributed by atoms with E-state index in [-0.39, 0.29) is 5.91 Å². The standard InChI is InChI=1S/C22H21Cl2N3O/c1-14-3-2-10-27(13-14)22(28)16-6-4-15(5-7-16)20-12-21(26-25-20)18-9-8-17(23)11-19(18)24/h4-9,11-12,14H,2-3,10,13H2,1H3,(H,25,26)/t14-/m1/s1. The molecule has 4 nitrogen and oxygen atoms in total. The van der Waals surface area contributed by atoms with E-state index in [1.54, 1.807) is 12.1 Å². The van der Waals surface area contributed by atoms with Gasteiger partial charge in [-0.25, -0.2) is 0 Å². The molecule has 0 aliphatic carbocycles. The summed E-state index contributed by atoms with van der Waals surface area (Å²) in [5, 5.41) is 8.57. The predicted molar refractivity (Wildman–Crippen MR) is 114 cm³/mol. The molecule has 28 heavy (non-hydrogen) atoms. The molecule has 0 radical (unpaired) electrons. The maximum atomic E-state index is 12.7. The third-order valence-corrected chi connectivity index (χ3v) is 5.72. The number of carbonyl (C=O) groups excluding carboxylic acids is 1. The summed E-state index contributed by atoms with van der Waals surface area (Å²) in [5.74, 6) is 0.674. The number of amides is 1. The van der Waals surface area contributed by atoms with Gasteiger partial charge in [-0.3, -0.25) is 9.89 Å². The lowest BCUT2D eigenvalue weighted by molar-refractivity contribution is 0.0683. The van der Waals surface area contributed by atoms with Crippen molar-refractivity contribution in [3.63, 3.8) is 0 Å². The van der Waals surface area contributed by atoms with E-state index < -0.39 is 0 Å².